The number of carbonyl (C=O) groups is 1. The minimum absolute atomic E-state index is 0.0789. The van der Waals surface area contributed by atoms with Crippen LogP contribution in [0.2, 0.25) is 0 Å². The Bertz CT molecular complexity index is 436. The molecule has 0 saturated carbocycles. The number of carbonyl (C=O) groups excluding carboxylic acids is 1. The predicted octanol–water partition coefficient (Wildman–Crippen LogP) is 0.817. The standard InChI is InChI=1S/C11H14O4S/c1-16(13,14)8-7-15-11(12)9-10-5-3-2-4-6-10/h2-6H,7-9H2,1H3. The Kier molecular flexibility index (Phi) is 4.49. The molecule has 0 aromatic heterocycles. The molecule has 0 spiro atoms. The topological polar surface area (TPSA) is 60.4 Å². The Balaban J connectivity index is 2.32. The molecule has 1 aromatic rings. The zero-order valence-electron chi connectivity index (χ0n) is 9.05. The summed E-state index contributed by atoms with van der Waals surface area (Å²) in [5.41, 5.74) is 0.854. The Labute approximate surface area is 95.2 Å². The van der Waals surface area contributed by atoms with E-state index in [4.69, 9.17) is 4.74 Å². The smallest absolute Gasteiger partial charge is 0.310 e. The highest BCUT2D eigenvalue weighted by Crippen LogP contribution is 2.00. The van der Waals surface area contributed by atoms with Crippen LogP contribution in [0.3, 0.4) is 0 Å². The number of ether oxygens (including phenoxy) is 1. The zero-order valence-corrected chi connectivity index (χ0v) is 9.87. The van der Waals surface area contributed by atoms with Gasteiger partial charge in [-0.1, -0.05) is 30.3 Å². The van der Waals surface area contributed by atoms with E-state index in [9.17, 15) is 13.2 Å². The van der Waals surface area contributed by atoms with E-state index in [0.717, 1.165) is 11.8 Å². The van der Waals surface area contributed by atoms with Gasteiger partial charge in [-0.3, -0.25) is 4.79 Å². The number of benzene rings is 1. The highest BCUT2D eigenvalue weighted by atomic mass is 32.2. The summed E-state index contributed by atoms with van der Waals surface area (Å²) in [6.45, 7) is -0.0789. The minimum Gasteiger partial charge on any atom is -0.464 e. The van der Waals surface area contributed by atoms with E-state index >= 15 is 0 Å². The molecular weight excluding hydrogens is 228 g/mol. The van der Waals surface area contributed by atoms with Crippen molar-refractivity contribution < 1.29 is 17.9 Å². The van der Waals surface area contributed by atoms with Crippen LogP contribution in [-0.4, -0.2) is 33.0 Å². The van der Waals surface area contributed by atoms with Crippen molar-refractivity contribution in [2.24, 2.45) is 0 Å². The fourth-order valence-corrected chi connectivity index (χ4v) is 1.51. The number of sulfone groups is 1. The molecule has 88 valence electrons. The van der Waals surface area contributed by atoms with Gasteiger partial charge in [-0.15, -0.1) is 0 Å². The van der Waals surface area contributed by atoms with Gasteiger partial charge in [0.25, 0.3) is 0 Å². The van der Waals surface area contributed by atoms with Crippen LogP contribution in [0.15, 0.2) is 30.3 Å². The fraction of sp³-hybridized carbons (Fsp3) is 0.364. The first-order valence-corrected chi connectivity index (χ1v) is 6.91. The van der Waals surface area contributed by atoms with Crippen LogP contribution >= 0.6 is 0 Å². The van der Waals surface area contributed by atoms with Crippen LogP contribution in [0.4, 0.5) is 0 Å². The maximum Gasteiger partial charge on any atom is 0.310 e. The van der Waals surface area contributed by atoms with Gasteiger partial charge in [0.05, 0.1) is 12.2 Å². The maximum absolute atomic E-state index is 11.3. The molecule has 0 radical (unpaired) electrons. The van der Waals surface area contributed by atoms with Crippen molar-refractivity contribution in [3.8, 4) is 0 Å². The summed E-state index contributed by atoms with van der Waals surface area (Å²) < 4.78 is 26.4. The van der Waals surface area contributed by atoms with Crippen LogP contribution in [0.1, 0.15) is 5.56 Å². The molecule has 1 rings (SSSR count). The first kappa shape index (κ1) is 12.7. The number of hydrogen-bond donors (Lipinski definition) is 0. The highest BCUT2D eigenvalue weighted by Gasteiger charge is 2.07. The minimum atomic E-state index is -3.07. The molecular formula is C11H14O4S. The lowest BCUT2D eigenvalue weighted by Gasteiger charge is -2.03. The zero-order chi connectivity index (χ0) is 12.0. The fourth-order valence-electron chi connectivity index (χ4n) is 1.12. The van der Waals surface area contributed by atoms with Gasteiger partial charge in [0.2, 0.25) is 0 Å². The molecule has 0 amide bonds. The van der Waals surface area contributed by atoms with Crippen LogP contribution in [-0.2, 0) is 25.8 Å². The van der Waals surface area contributed by atoms with E-state index in [-0.39, 0.29) is 18.8 Å². The summed E-state index contributed by atoms with van der Waals surface area (Å²) in [5, 5.41) is 0. The van der Waals surface area contributed by atoms with E-state index in [1.807, 2.05) is 30.3 Å². The van der Waals surface area contributed by atoms with Crippen LogP contribution in [0, 0.1) is 0 Å². The van der Waals surface area contributed by atoms with Crippen molar-refractivity contribution in [2.45, 2.75) is 6.42 Å². The van der Waals surface area contributed by atoms with Gasteiger partial charge >= 0.3 is 5.97 Å². The molecule has 1 aromatic carbocycles. The molecule has 0 aliphatic heterocycles. The van der Waals surface area contributed by atoms with Crippen molar-refractivity contribution in [3.05, 3.63) is 35.9 Å². The van der Waals surface area contributed by atoms with Crippen LogP contribution in [0.5, 0.6) is 0 Å². The molecule has 0 bridgehead atoms. The number of hydrogen-bond acceptors (Lipinski definition) is 4. The van der Waals surface area contributed by atoms with Crippen molar-refractivity contribution in [2.75, 3.05) is 18.6 Å². The van der Waals surface area contributed by atoms with Gasteiger partial charge < -0.3 is 4.74 Å². The summed E-state index contributed by atoms with van der Waals surface area (Å²) >= 11 is 0. The molecule has 0 saturated heterocycles. The van der Waals surface area contributed by atoms with Gasteiger partial charge in [-0.25, -0.2) is 8.42 Å². The molecule has 0 N–H and O–H groups in total. The summed E-state index contributed by atoms with van der Waals surface area (Å²) in [5.74, 6) is -0.539. The molecule has 16 heavy (non-hydrogen) atoms. The molecule has 4 nitrogen and oxygen atoms in total. The first-order chi connectivity index (χ1) is 7.47. The number of rotatable bonds is 5. The summed E-state index contributed by atoms with van der Waals surface area (Å²) in [6, 6.07) is 9.16. The predicted molar refractivity (Wildman–Crippen MR) is 60.8 cm³/mol. The van der Waals surface area contributed by atoms with Crippen molar-refractivity contribution in [1.29, 1.82) is 0 Å². The van der Waals surface area contributed by atoms with Gasteiger partial charge in [0.15, 0.2) is 9.84 Å². The largest absolute Gasteiger partial charge is 0.464 e. The van der Waals surface area contributed by atoms with Crippen molar-refractivity contribution in [3.63, 3.8) is 0 Å². The molecule has 0 aliphatic carbocycles. The van der Waals surface area contributed by atoms with Crippen molar-refractivity contribution >= 4 is 15.8 Å². The summed E-state index contributed by atoms with van der Waals surface area (Å²) in [7, 11) is -3.07. The van der Waals surface area contributed by atoms with Gasteiger partial charge in [0, 0.05) is 6.26 Å². The quantitative estimate of drug-likeness (QED) is 0.717. The highest BCUT2D eigenvalue weighted by molar-refractivity contribution is 7.90. The van der Waals surface area contributed by atoms with E-state index in [1.165, 1.54) is 0 Å². The molecule has 0 fully saturated rings. The maximum atomic E-state index is 11.3. The second kappa shape index (κ2) is 5.65. The van der Waals surface area contributed by atoms with E-state index in [0.29, 0.717) is 0 Å². The van der Waals surface area contributed by atoms with E-state index < -0.39 is 15.8 Å². The number of esters is 1. The van der Waals surface area contributed by atoms with Gasteiger partial charge in [-0.05, 0) is 5.56 Å². The van der Waals surface area contributed by atoms with E-state index in [1.54, 1.807) is 0 Å². The molecule has 0 unspecified atom stereocenters. The third-order valence-electron chi connectivity index (χ3n) is 1.91. The third kappa shape index (κ3) is 5.50. The van der Waals surface area contributed by atoms with Crippen LogP contribution < -0.4 is 0 Å². The average molecular weight is 242 g/mol. The lowest BCUT2D eigenvalue weighted by molar-refractivity contribution is -0.142. The van der Waals surface area contributed by atoms with Gasteiger partial charge in [0.1, 0.15) is 6.61 Å². The Morgan fingerprint density at radius 3 is 2.44 bits per heavy atom. The Morgan fingerprint density at radius 1 is 1.25 bits per heavy atom. The monoisotopic (exact) mass is 242 g/mol. The average Bonchev–Trinajstić information content (AvgIpc) is 2.17. The summed E-state index contributed by atoms with van der Waals surface area (Å²) in [4.78, 5) is 11.3. The lowest BCUT2D eigenvalue weighted by Crippen LogP contribution is -2.15. The normalized spacial score (nSPS) is 11.1. The first-order valence-electron chi connectivity index (χ1n) is 4.84. The second-order valence-electron chi connectivity index (χ2n) is 3.51. The third-order valence-corrected chi connectivity index (χ3v) is 2.82. The van der Waals surface area contributed by atoms with Gasteiger partial charge in [-0.2, -0.15) is 0 Å². The Morgan fingerprint density at radius 2 is 1.88 bits per heavy atom. The Hall–Kier alpha value is -1.36. The van der Waals surface area contributed by atoms with Crippen LogP contribution in [0.25, 0.3) is 0 Å². The SMILES string of the molecule is CS(=O)(=O)CCOC(=O)Cc1ccccc1. The summed E-state index contributed by atoms with van der Waals surface area (Å²) in [6.07, 6.45) is 1.28. The van der Waals surface area contributed by atoms with E-state index in [2.05, 4.69) is 0 Å². The van der Waals surface area contributed by atoms with Crippen molar-refractivity contribution in [1.82, 2.24) is 0 Å². The second-order valence-corrected chi connectivity index (χ2v) is 5.77. The molecule has 5 heteroatoms. The molecule has 0 atom stereocenters. The molecule has 0 heterocycles. The molecule has 0 aliphatic rings. The lowest BCUT2D eigenvalue weighted by atomic mass is 10.2.